The molecule has 3 rings (SSSR count). The van der Waals surface area contributed by atoms with E-state index in [1.807, 2.05) is 20.8 Å². The highest BCUT2D eigenvalue weighted by Gasteiger charge is 2.61. The summed E-state index contributed by atoms with van der Waals surface area (Å²) in [4.78, 5) is 37.8. The molecule has 3 aliphatic rings. The first kappa shape index (κ1) is 29.4. The topological polar surface area (TPSA) is 119 Å². The number of carbonyl (C=O) groups is 3. The molecule has 0 aromatic rings. The molecule has 208 valence electrons. The molecule has 8 nitrogen and oxygen atoms in total. The largest absolute Gasteiger partial charge is 0.461 e. The molecule has 2 N–H and O–H groups in total. The molecule has 9 unspecified atom stereocenters. The first-order chi connectivity index (χ1) is 17.0. The molecular weight excluding hydrogens is 476 g/mol. The summed E-state index contributed by atoms with van der Waals surface area (Å²) >= 11 is 0. The van der Waals surface area contributed by atoms with Crippen LogP contribution in [0.4, 0.5) is 0 Å². The molecule has 8 heteroatoms. The highest BCUT2D eigenvalue weighted by atomic mass is 16.6. The molecule has 2 fully saturated rings. The normalized spacial score (nSPS) is 36.9. The van der Waals surface area contributed by atoms with Gasteiger partial charge in [0.05, 0.1) is 18.1 Å². The average Bonchev–Trinajstić information content (AvgIpc) is 2.73. The minimum absolute atomic E-state index is 0.371. The number of aliphatic hydroxyl groups is 2. The van der Waals surface area contributed by atoms with Crippen LogP contribution in [0.2, 0.25) is 0 Å². The van der Waals surface area contributed by atoms with E-state index in [2.05, 4.69) is 13.5 Å². The van der Waals surface area contributed by atoms with Crippen molar-refractivity contribution < 1.29 is 38.8 Å². The second-order valence-electron chi connectivity index (χ2n) is 12.3. The van der Waals surface area contributed by atoms with Gasteiger partial charge in [-0.1, -0.05) is 32.9 Å². The minimum atomic E-state index is -0.886. The Morgan fingerprint density at radius 3 is 2.19 bits per heavy atom. The van der Waals surface area contributed by atoms with Crippen LogP contribution in [0.15, 0.2) is 23.3 Å². The molecule has 0 saturated heterocycles. The van der Waals surface area contributed by atoms with Crippen molar-refractivity contribution in [2.45, 2.75) is 112 Å². The molecule has 0 amide bonds. The van der Waals surface area contributed by atoms with Crippen LogP contribution >= 0.6 is 0 Å². The lowest BCUT2D eigenvalue weighted by molar-refractivity contribution is -0.187. The Bertz CT molecular complexity index is 978. The van der Waals surface area contributed by atoms with Gasteiger partial charge in [0.1, 0.15) is 18.3 Å². The predicted octanol–water partition coefficient (Wildman–Crippen LogP) is 3.88. The van der Waals surface area contributed by atoms with Gasteiger partial charge in [0, 0.05) is 32.1 Å². The Hall–Kier alpha value is -2.19. The zero-order valence-electron chi connectivity index (χ0n) is 23.5. The first-order valence-electron chi connectivity index (χ1n) is 13.3. The summed E-state index contributed by atoms with van der Waals surface area (Å²) in [5.74, 6) is -3.08. The molecule has 0 aromatic heterocycles. The van der Waals surface area contributed by atoms with Crippen molar-refractivity contribution in [3.8, 4) is 0 Å². The molecule has 0 aliphatic heterocycles. The zero-order chi connectivity index (χ0) is 28.0. The van der Waals surface area contributed by atoms with E-state index in [1.54, 1.807) is 13.8 Å². The summed E-state index contributed by atoms with van der Waals surface area (Å²) in [6, 6.07) is 0. The predicted molar refractivity (Wildman–Crippen MR) is 137 cm³/mol. The molecule has 9 atom stereocenters. The lowest BCUT2D eigenvalue weighted by atomic mass is 9.50. The number of hydrogen-bond donors (Lipinski definition) is 2. The first-order valence-corrected chi connectivity index (χ1v) is 13.3. The number of hydrogen-bond acceptors (Lipinski definition) is 8. The molecule has 2 bridgehead atoms. The van der Waals surface area contributed by atoms with Crippen LogP contribution in [0, 0.1) is 28.6 Å². The van der Waals surface area contributed by atoms with Crippen LogP contribution in [0.1, 0.15) is 81.1 Å². The highest BCUT2D eigenvalue weighted by Crippen LogP contribution is 2.60. The fraction of sp³-hybridized carbons (Fsp3) is 0.759. The van der Waals surface area contributed by atoms with E-state index in [0.717, 1.165) is 11.1 Å². The fourth-order valence-corrected chi connectivity index (χ4v) is 7.28. The van der Waals surface area contributed by atoms with E-state index in [9.17, 15) is 24.6 Å². The molecule has 2 saturated carbocycles. The van der Waals surface area contributed by atoms with Crippen molar-refractivity contribution in [2.24, 2.45) is 28.6 Å². The monoisotopic (exact) mass is 520 g/mol. The molecule has 0 spiro atoms. The van der Waals surface area contributed by atoms with Gasteiger partial charge in [0.25, 0.3) is 0 Å². The number of rotatable bonds is 5. The second-order valence-corrected chi connectivity index (χ2v) is 12.3. The smallest absolute Gasteiger partial charge is 0.311 e. The third-order valence-corrected chi connectivity index (χ3v) is 9.09. The Morgan fingerprint density at radius 1 is 1.05 bits per heavy atom. The Labute approximate surface area is 220 Å². The van der Waals surface area contributed by atoms with Crippen LogP contribution in [-0.2, 0) is 28.6 Å². The number of carbonyl (C=O) groups excluding carboxylic acids is 3. The lowest BCUT2D eigenvalue weighted by Crippen LogP contribution is -2.60. The molecule has 3 aliphatic carbocycles. The van der Waals surface area contributed by atoms with Gasteiger partial charge in [-0.15, -0.1) is 0 Å². The maximum absolute atomic E-state index is 13.1. The highest BCUT2D eigenvalue weighted by molar-refractivity contribution is 5.73. The van der Waals surface area contributed by atoms with Crippen LogP contribution in [-0.4, -0.2) is 58.6 Å². The van der Waals surface area contributed by atoms with E-state index in [-0.39, 0.29) is 5.97 Å². The number of esters is 3. The van der Waals surface area contributed by atoms with Crippen LogP contribution in [0.5, 0.6) is 0 Å². The summed E-state index contributed by atoms with van der Waals surface area (Å²) < 4.78 is 18.1. The van der Waals surface area contributed by atoms with Crippen molar-refractivity contribution in [2.75, 3.05) is 0 Å². The molecule has 0 aromatic carbocycles. The van der Waals surface area contributed by atoms with Crippen molar-refractivity contribution in [1.82, 2.24) is 0 Å². The zero-order valence-corrected chi connectivity index (χ0v) is 23.5. The van der Waals surface area contributed by atoms with Gasteiger partial charge < -0.3 is 24.4 Å². The second kappa shape index (κ2) is 10.5. The maximum Gasteiger partial charge on any atom is 0.311 e. The maximum atomic E-state index is 13.1. The van der Waals surface area contributed by atoms with E-state index < -0.39 is 71.0 Å². The van der Waals surface area contributed by atoms with Gasteiger partial charge >= 0.3 is 17.9 Å². The quantitative estimate of drug-likeness (QED) is 0.318. The summed E-state index contributed by atoms with van der Waals surface area (Å²) in [5.41, 5.74) is 1.29. The summed E-state index contributed by atoms with van der Waals surface area (Å²) in [7, 11) is 0. The molecule has 0 heterocycles. The van der Waals surface area contributed by atoms with Crippen molar-refractivity contribution in [3.63, 3.8) is 0 Å². The summed E-state index contributed by atoms with van der Waals surface area (Å²) in [5, 5.41) is 20.9. The third-order valence-electron chi connectivity index (χ3n) is 9.09. The summed E-state index contributed by atoms with van der Waals surface area (Å²) in [6.45, 7) is 18.2. The number of fused-ring (bicyclic) bond motifs is 3. The van der Waals surface area contributed by atoms with Crippen molar-refractivity contribution in [1.29, 1.82) is 0 Å². The fourth-order valence-electron chi connectivity index (χ4n) is 7.28. The van der Waals surface area contributed by atoms with Crippen molar-refractivity contribution in [3.05, 3.63) is 23.3 Å². The standard InChI is InChI=1S/C29H44O8/c1-14-12-21(37-27(34)15(2)17(4)30)25-26(36-19(6)32)24-16(3)20(33)10-11-29(24,9)13-22(35-18(5)31)23(14)28(25,7)8/h15,17,20-22,24-26,30,33H,3,10-13H2,1-2,4-9H3. The average molecular weight is 521 g/mol. The van der Waals surface area contributed by atoms with E-state index >= 15 is 0 Å². The van der Waals surface area contributed by atoms with E-state index in [4.69, 9.17) is 14.2 Å². The van der Waals surface area contributed by atoms with Crippen LogP contribution in [0.25, 0.3) is 0 Å². The number of ether oxygens (including phenoxy) is 3. The number of aliphatic hydroxyl groups excluding tert-OH is 2. The Balaban J connectivity index is 2.26. The van der Waals surface area contributed by atoms with Crippen LogP contribution in [0.3, 0.4) is 0 Å². The Kier molecular flexibility index (Phi) is 8.35. The van der Waals surface area contributed by atoms with E-state index in [0.29, 0.717) is 31.3 Å². The van der Waals surface area contributed by atoms with Gasteiger partial charge in [-0.3, -0.25) is 14.4 Å². The van der Waals surface area contributed by atoms with Gasteiger partial charge in [0.2, 0.25) is 0 Å². The summed E-state index contributed by atoms with van der Waals surface area (Å²) in [6.07, 6.45) is -1.58. The molecular formula is C29H44O8. The third kappa shape index (κ3) is 5.51. The van der Waals surface area contributed by atoms with Gasteiger partial charge in [-0.2, -0.15) is 0 Å². The van der Waals surface area contributed by atoms with Gasteiger partial charge in [-0.25, -0.2) is 0 Å². The van der Waals surface area contributed by atoms with Gasteiger partial charge in [-0.05, 0) is 62.0 Å². The van der Waals surface area contributed by atoms with Crippen LogP contribution < -0.4 is 0 Å². The molecule has 0 radical (unpaired) electrons. The van der Waals surface area contributed by atoms with Crippen molar-refractivity contribution >= 4 is 17.9 Å². The minimum Gasteiger partial charge on any atom is -0.461 e. The lowest BCUT2D eigenvalue weighted by Gasteiger charge is -2.58. The Morgan fingerprint density at radius 2 is 1.65 bits per heavy atom. The molecule has 37 heavy (non-hydrogen) atoms. The SMILES string of the molecule is C=C1C(O)CCC2(C)CC(OC(C)=O)C3=C(C)CC(OC(=O)C(C)C(C)O)C(C(OC(C)=O)C12)C3(C)C. The van der Waals surface area contributed by atoms with Gasteiger partial charge in [0.15, 0.2) is 0 Å². The van der Waals surface area contributed by atoms with E-state index in [1.165, 1.54) is 13.8 Å².